The quantitative estimate of drug-likeness (QED) is 0.678. The molecule has 0 unspecified atom stereocenters. The summed E-state index contributed by atoms with van der Waals surface area (Å²) in [6.45, 7) is 6.29. The molecule has 0 amide bonds. The Morgan fingerprint density at radius 1 is 1.19 bits per heavy atom. The molecule has 3 heterocycles. The van der Waals surface area contributed by atoms with Crippen LogP contribution in [0.5, 0.6) is 5.75 Å². The molecule has 2 aliphatic heterocycles. The number of piperazine rings is 1. The summed E-state index contributed by atoms with van der Waals surface area (Å²) in [5, 5.41) is 12.3. The van der Waals surface area contributed by atoms with Gasteiger partial charge in [-0.25, -0.2) is 13.2 Å². The summed E-state index contributed by atoms with van der Waals surface area (Å²) in [7, 11) is -3.56. The number of aliphatic carboxylic acids is 1. The third-order valence-electron chi connectivity index (χ3n) is 4.74. The molecule has 0 saturated carbocycles. The minimum Gasteiger partial charge on any atom is -0.487 e. The number of carbonyl (C=O) groups is 1. The smallest absolute Gasteiger partial charge is 0.487 e. The maximum absolute atomic E-state index is 13.1. The van der Waals surface area contributed by atoms with Crippen molar-refractivity contribution in [3.8, 4) is 5.75 Å². The topological polar surface area (TPSA) is 99.2 Å². The van der Waals surface area contributed by atoms with Crippen LogP contribution in [0, 0.1) is 6.92 Å². The van der Waals surface area contributed by atoms with E-state index in [4.69, 9.17) is 14.6 Å². The van der Waals surface area contributed by atoms with E-state index in [-0.39, 0.29) is 0 Å². The fourth-order valence-electron chi connectivity index (χ4n) is 3.33. The summed E-state index contributed by atoms with van der Waals surface area (Å²) in [6.07, 6.45) is -5.08. The normalized spacial score (nSPS) is 16.5. The molecule has 1 saturated heterocycles. The number of anilines is 2. The number of rotatable bonds is 3. The van der Waals surface area contributed by atoms with Crippen LogP contribution in [0.25, 0.3) is 0 Å². The van der Waals surface area contributed by atoms with E-state index in [1.54, 1.807) is 17.5 Å². The van der Waals surface area contributed by atoms with Gasteiger partial charge in [-0.3, -0.25) is 4.31 Å². The highest BCUT2D eigenvalue weighted by Gasteiger charge is 2.38. The van der Waals surface area contributed by atoms with E-state index in [0.29, 0.717) is 28.8 Å². The second-order valence-electron chi connectivity index (χ2n) is 7.03. The highest BCUT2D eigenvalue weighted by molar-refractivity contribution is 7.94. The lowest BCUT2D eigenvalue weighted by Crippen LogP contribution is -2.44. The number of thiophene rings is 1. The Labute approximate surface area is 187 Å². The summed E-state index contributed by atoms with van der Waals surface area (Å²) in [4.78, 5) is 11.2. The van der Waals surface area contributed by atoms with E-state index in [1.165, 1.54) is 15.6 Å². The Balaban J connectivity index is 0.000000360. The van der Waals surface area contributed by atoms with Crippen LogP contribution >= 0.6 is 11.3 Å². The minimum atomic E-state index is -5.08. The maximum Gasteiger partial charge on any atom is 0.490 e. The van der Waals surface area contributed by atoms with Gasteiger partial charge in [0.15, 0.2) is 5.75 Å². The SMILES string of the molecule is Cc1cc(N2CCNCC2)c2c(c1)N(S(=O)(=O)c1cccs1)CCO2.O=C(O)C(F)(F)F. The van der Waals surface area contributed by atoms with Crippen LogP contribution in [-0.2, 0) is 14.8 Å². The molecule has 4 rings (SSSR count). The van der Waals surface area contributed by atoms with E-state index in [9.17, 15) is 21.6 Å². The van der Waals surface area contributed by atoms with Gasteiger partial charge in [-0.2, -0.15) is 13.2 Å². The van der Waals surface area contributed by atoms with Gasteiger partial charge in [0.1, 0.15) is 10.8 Å². The number of benzene rings is 1. The van der Waals surface area contributed by atoms with Crippen molar-refractivity contribution < 1.29 is 36.2 Å². The molecule has 1 aromatic heterocycles. The fourth-order valence-corrected chi connectivity index (χ4v) is 5.88. The van der Waals surface area contributed by atoms with Gasteiger partial charge >= 0.3 is 12.1 Å². The Kier molecular flexibility index (Phi) is 7.20. The van der Waals surface area contributed by atoms with E-state index in [1.807, 2.05) is 13.0 Å². The molecule has 32 heavy (non-hydrogen) atoms. The van der Waals surface area contributed by atoms with Gasteiger partial charge in [-0.1, -0.05) is 6.07 Å². The van der Waals surface area contributed by atoms with Gasteiger partial charge in [0.2, 0.25) is 0 Å². The molecule has 1 aromatic carbocycles. The lowest BCUT2D eigenvalue weighted by molar-refractivity contribution is -0.192. The third-order valence-corrected chi connectivity index (χ3v) is 7.93. The Morgan fingerprint density at radius 2 is 1.81 bits per heavy atom. The minimum absolute atomic E-state index is 0.331. The molecule has 2 N–H and O–H groups in total. The number of hydrogen-bond acceptors (Lipinski definition) is 7. The van der Waals surface area contributed by atoms with Crippen molar-refractivity contribution in [1.82, 2.24) is 5.32 Å². The summed E-state index contributed by atoms with van der Waals surface area (Å²) in [5.41, 5.74) is 2.67. The zero-order chi connectivity index (χ0) is 23.5. The average Bonchev–Trinajstić information content (AvgIpc) is 3.29. The molecular weight excluding hydrogens is 471 g/mol. The first-order valence-corrected chi connectivity index (χ1v) is 11.9. The first-order chi connectivity index (χ1) is 15.0. The van der Waals surface area contributed by atoms with Crippen LogP contribution in [0.2, 0.25) is 0 Å². The lowest BCUT2D eigenvalue weighted by atomic mass is 10.1. The number of halogens is 3. The van der Waals surface area contributed by atoms with Gasteiger partial charge < -0.3 is 20.1 Å². The molecule has 176 valence electrons. The molecule has 0 atom stereocenters. The fraction of sp³-hybridized carbons (Fsp3) is 0.421. The van der Waals surface area contributed by atoms with Crippen LogP contribution in [0.15, 0.2) is 33.9 Å². The van der Waals surface area contributed by atoms with E-state index >= 15 is 0 Å². The zero-order valence-corrected chi connectivity index (χ0v) is 18.7. The summed E-state index contributed by atoms with van der Waals surface area (Å²) in [6, 6.07) is 7.42. The zero-order valence-electron chi connectivity index (χ0n) is 17.1. The van der Waals surface area contributed by atoms with Crippen LogP contribution in [-0.4, -0.2) is 65.0 Å². The standard InChI is InChI=1S/C17H21N3O3S2.C2HF3O2/c1-13-11-14(19-6-4-18-5-7-19)17-15(12-13)20(8-9-23-17)25(21,22)16-3-2-10-24-16;3-2(4,5)1(6)7/h2-3,10-12,18H,4-9H2,1H3;(H,6,7). The number of nitrogens with zero attached hydrogens (tertiary/aromatic N) is 2. The average molecular weight is 494 g/mol. The number of ether oxygens (including phenoxy) is 1. The lowest BCUT2D eigenvalue weighted by Gasteiger charge is -2.36. The number of carboxylic acids is 1. The molecule has 0 bridgehead atoms. The van der Waals surface area contributed by atoms with Crippen molar-refractivity contribution in [2.45, 2.75) is 17.3 Å². The highest BCUT2D eigenvalue weighted by atomic mass is 32.2. The van der Waals surface area contributed by atoms with Gasteiger partial charge in [-0.15, -0.1) is 11.3 Å². The summed E-state index contributed by atoms with van der Waals surface area (Å²) in [5.74, 6) is -2.08. The molecule has 0 aliphatic carbocycles. The predicted octanol–water partition coefficient (Wildman–Crippen LogP) is 2.69. The summed E-state index contributed by atoms with van der Waals surface area (Å²) < 4.78 is 65.7. The monoisotopic (exact) mass is 493 g/mol. The van der Waals surface area contributed by atoms with Gasteiger partial charge in [0.05, 0.1) is 17.9 Å². The molecular formula is C19H22F3N3O5S2. The molecule has 0 spiro atoms. The number of fused-ring (bicyclic) bond motifs is 1. The van der Waals surface area contributed by atoms with Crippen molar-refractivity contribution >= 4 is 38.7 Å². The van der Waals surface area contributed by atoms with Gasteiger partial charge in [0.25, 0.3) is 10.0 Å². The van der Waals surface area contributed by atoms with Crippen molar-refractivity contribution in [2.75, 3.05) is 48.5 Å². The van der Waals surface area contributed by atoms with Crippen LogP contribution in [0.1, 0.15) is 5.56 Å². The van der Waals surface area contributed by atoms with Crippen molar-refractivity contribution in [2.24, 2.45) is 0 Å². The third kappa shape index (κ3) is 5.27. The molecule has 13 heteroatoms. The van der Waals surface area contributed by atoms with E-state index in [0.717, 1.165) is 37.4 Å². The maximum atomic E-state index is 13.1. The van der Waals surface area contributed by atoms with E-state index < -0.39 is 22.2 Å². The van der Waals surface area contributed by atoms with Crippen molar-refractivity contribution in [1.29, 1.82) is 0 Å². The van der Waals surface area contributed by atoms with Gasteiger partial charge in [0, 0.05) is 26.2 Å². The highest BCUT2D eigenvalue weighted by Crippen LogP contribution is 2.43. The first-order valence-electron chi connectivity index (χ1n) is 9.61. The van der Waals surface area contributed by atoms with Crippen LogP contribution in [0.4, 0.5) is 24.5 Å². The Hall–Kier alpha value is -2.51. The number of hydrogen-bond donors (Lipinski definition) is 2. The Bertz CT molecular complexity index is 1050. The second-order valence-corrected chi connectivity index (χ2v) is 10.1. The van der Waals surface area contributed by atoms with Crippen molar-refractivity contribution in [3.63, 3.8) is 0 Å². The Morgan fingerprint density at radius 3 is 2.38 bits per heavy atom. The largest absolute Gasteiger partial charge is 0.490 e. The first kappa shape index (κ1) is 24.1. The molecule has 0 radical (unpaired) electrons. The van der Waals surface area contributed by atoms with Crippen LogP contribution < -0.4 is 19.3 Å². The predicted molar refractivity (Wildman–Crippen MR) is 114 cm³/mol. The molecule has 8 nitrogen and oxygen atoms in total. The number of sulfonamides is 1. The number of alkyl halides is 3. The second kappa shape index (κ2) is 9.55. The van der Waals surface area contributed by atoms with E-state index in [2.05, 4.69) is 16.3 Å². The number of nitrogens with one attached hydrogen (secondary N) is 1. The summed E-state index contributed by atoms with van der Waals surface area (Å²) >= 11 is 1.25. The van der Waals surface area contributed by atoms with Crippen LogP contribution in [0.3, 0.4) is 0 Å². The molecule has 2 aromatic rings. The molecule has 1 fully saturated rings. The van der Waals surface area contributed by atoms with Crippen molar-refractivity contribution in [3.05, 3.63) is 35.2 Å². The number of aryl methyl sites for hydroxylation is 1. The number of carboxylic acid groups (broad SMARTS) is 1. The van der Waals surface area contributed by atoms with Gasteiger partial charge in [-0.05, 0) is 36.1 Å². The molecule has 2 aliphatic rings.